The van der Waals surface area contributed by atoms with Crippen molar-refractivity contribution >= 4 is 13.2 Å². The number of aromatic nitrogens is 4. The lowest BCUT2D eigenvalue weighted by Crippen LogP contribution is -2.27. The largest absolute Gasteiger partial charge is 0.633 e. The van der Waals surface area contributed by atoms with Gasteiger partial charge in [-0.15, -0.1) is 5.10 Å². The number of nitrogens with zero attached hydrogens (tertiary/aromatic N) is 4. The van der Waals surface area contributed by atoms with Gasteiger partial charge in [-0.1, -0.05) is 30.3 Å². The fourth-order valence-corrected chi connectivity index (χ4v) is 2.71. The van der Waals surface area contributed by atoms with Gasteiger partial charge < -0.3 is 25.8 Å². The number of amides is 1. The van der Waals surface area contributed by atoms with Gasteiger partial charge in [-0.3, -0.25) is 4.79 Å². The summed E-state index contributed by atoms with van der Waals surface area (Å²) >= 11 is 0. The van der Waals surface area contributed by atoms with Crippen LogP contribution >= 0.6 is 0 Å². The van der Waals surface area contributed by atoms with E-state index >= 15 is 0 Å². The molecule has 0 fully saturated rings. The molecule has 0 aliphatic rings. The topological polar surface area (TPSA) is 148 Å². The van der Waals surface area contributed by atoms with Crippen molar-refractivity contribution in [3.63, 3.8) is 0 Å². The summed E-state index contributed by atoms with van der Waals surface area (Å²) in [5, 5.41) is 31.6. The number of benzene rings is 1. The first-order valence-corrected chi connectivity index (χ1v) is 9.36. The molecule has 1 heterocycles. The van der Waals surface area contributed by atoms with E-state index in [9.17, 15) is 4.79 Å². The molecule has 1 atom stereocenters. The predicted octanol–water partition coefficient (Wildman–Crippen LogP) is -0.422. The summed E-state index contributed by atoms with van der Waals surface area (Å²) in [6.07, 6.45) is 3.03. The van der Waals surface area contributed by atoms with E-state index in [1.54, 1.807) is 4.68 Å². The molecule has 152 valence electrons. The van der Waals surface area contributed by atoms with E-state index < -0.39 is 7.32 Å². The van der Waals surface area contributed by atoms with Crippen LogP contribution in [0.4, 0.5) is 0 Å². The molecule has 0 aliphatic heterocycles. The van der Waals surface area contributed by atoms with E-state index in [0.717, 1.165) is 12.8 Å². The first-order valence-electron chi connectivity index (χ1n) is 9.36. The third-order valence-electron chi connectivity index (χ3n) is 4.20. The number of carbonyl (C=O) groups excluding carboxylic acids is 1. The van der Waals surface area contributed by atoms with Crippen LogP contribution in [0.1, 0.15) is 43.1 Å². The number of hydrogen-bond donors (Lipinski definition) is 4. The fraction of sp³-hybridized carbons (Fsp3) is 0.529. The molecule has 2 aromatic rings. The molecule has 0 aliphatic carbocycles. The molecule has 28 heavy (non-hydrogen) atoms. The van der Waals surface area contributed by atoms with Gasteiger partial charge in [-0.05, 0) is 41.7 Å². The monoisotopic (exact) mass is 390 g/mol. The van der Waals surface area contributed by atoms with Crippen LogP contribution in [0.25, 0.3) is 0 Å². The number of tetrazole rings is 1. The molecule has 10 nitrogen and oxygen atoms in total. The highest BCUT2D eigenvalue weighted by atomic mass is 16.6. The van der Waals surface area contributed by atoms with Crippen molar-refractivity contribution in [1.29, 1.82) is 0 Å². The van der Waals surface area contributed by atoms with Gasteiger partial charge in [0.25, 0.3) is 0 Å². The van der Waals surface area contributed by atoms with Crippen molar-refractivity contribution in [2.45, 2.75) is 44.7 Å². The summed E-state index contributed by atoms with van der Waals surface area (Å²) in [5.74, 6) is 0.464. The highest BCUT2D eigenvalue weighted by molar-refractivity contribution is 6.32. The lowest BCUT2D eigenvalue weighted by atomic mass is 10.1. The Balaban J connectivity index is 1.67. The zero-order chi connectivity index (χ0) is 20.2. The Labute approximate surface area is 164 Å². The lowest BCUT2D eigenvalue weighted by Gasteiger charge is -2.12. The van der Waals surface area contributed by atoms with E-state index in [0.29, 0.717) is 31.8 Å². The quantitative estimate of drug-likeness (QED) is 0.266. The van der Waals surface area contributed by atoms with Crippen molar-refractivity contribution in [2.24, 2.45) is 5.73 Å². The van der Waals surface area contributed by atoms with Gasteiger partial charge in [-0.2, -0.15) is 0 Å². The lowest BCUT2D eigenvalue weighted by molar-refractivity contribution is -0.121. The van der Waals surface area contributed by atoms with E-state index in [-0.39, 0.29) is 25.0 Å². The van der Waals surface area contributed by atoms with Crippen LogP contribution in [0.3, 0.4) is 0 Å². The van der Waals surface area contributed by atoms with E-state index in [4.69, 9.17) is 15.8 Å². The second-order valence-corrected chi connectivity index (χ2v) is 6.40. The Kier molecular flexibility index (Phi) is 9.56. The average Bonchev–Trinajstić information content (AvgIpc) is 3.15. The van der Waals surface area contributed by atoms with E-state index in [1.807, 2.05) is 30.3 Å². The minimum atomic E-state index is -1.75. The number of rotatable bonds is 13. The minimum Gasteiger partial charge on any atom is -0.402 e. The Morgan fingerprint density at radius 2 is 2.07 bits per heavy atom. The predicted molar refractivity (Wildman–Crippen MR) is 103 cm³/mol. The van der Waals surface area contributed by atoms with Gasteiger partial charge in [0.2, 0.25) is 5.91 Å². The maximum Gasteiger partial charge on any atom is 0.633 e. The normalized spacial score (nSPS) is 12.0. The van der Waals surface area contributed by atoms with Gasteiger partial charge in [-0.25, -0.2) is 4.68 Å². The number of nitrogens with one attached hydrogen (secondary N) is 1. The second kappa shape index (κ2) is 12.2. The molecular formula is C17H27BN6O4. The van der Waals surface area contributed by atoms with Crippen LogP contribution in [-0.2, 0) is 22.4 Å². The van der Waals surface area contributed by atoms with Crippen LogP contribution in [0.15, 0.2) is 30.3 Å². The molecule has 0 spiro atoms. The smallest absolute Gasteiger partial charge is 0.402 e. The molecule has 0 radical (unpaired) electrons. The summed E-state index contributed by atoms with van der Waals surface area (Å²) in [6.45, 7) is 1.17. The first-order chi connectivity index (χ1) is 13.6. The highest BCUT2D eigenvalue weighted by Crippen LogP contribution is 2.14. The third-order valence-corrected chi connectivity index (χ3v) is 4.20. The zero-order valence-electron chi connectivity index (χ0n) is 15.8. The first kappa shape index (κ1) is 22.0. The Bertz CT molecular complexity index is 700. The Hall–Kier alpha value is -2.34. The number of unbranched alkanes of at least 4 members (excludes halogenated alkanes) is 1. The molecule has 5 N–H and O–H groups in total. The molecule has 11 heteroatoms. The van der Waals surface area contributed by atoms with E-state index in [1.165, 1.54) is 5.56 Å². The van der Waals surface area contributed by atoms with Crippen molar-refractivity contribution in [3.8, 4) is 0 Å². The summed E-state index contributed by atoms with van der Waals surface area (Å²) in [5.41, 5.74) is 7.31. The number of hydrogen-bond acceptors (Lipinski definition) is 8. The summed E-state index contributed by atoms with van der Waals surface area (Å²) in [7, 11) is -1.75. The third kappa shape index (κ3) is 8.13. The molecule has 1 unspecified atom stereocenters. The number of nitrogens with two attached hydrogens (primary N) is 1. The standard InChI is InChI=1S/C17H27BN6O4/c19-15(8-4-5-13-28-18(26)27)17-21-22-23-24(17)12-10-16(25)20-11-9-14-6-2-1-3-7-14/h1-3,6-7,15,26-27H,4-5,8-13,19H2,(H,20,25). The van der Waals surface area contributed by atoms with Crippen LogP contribution in [0.2, 0.25) is 0 Å². The summed E-state index contributed by atoms with van der Waals surface area (Å²) in [4.78, 5) is 12.0. The highest BCUT2D eigenvalue weighted by Gasteiger charge is 2.16. The maximum atomic E-state index is 12.0. The molecule has 2 rings (SSSR count). The summed E-state index contributed by atoms with van der Waals surface area (Å²) in [6, 6.07) is 9.60. The van der Waals surface area contributed by atoms with Gasteiger partial charge in [0.05, 0.1) is 12.6 Å². The van der Waals surface area contributed by atoms with Crippen molar-refractivity contribution < 1.29 is 19.5 Å². The number of aryl methyl sites for hydroxylation is 1. The zero-order valence-corrected chi connectivity index (χ0v) is 15.8. The van der Waals surface area contributed by atoms with Gasteiger partial charge in [0.15, 0.2) is 5.82 Å². The van der Waals surface area contributed by atoms with Crippen LogP contribution in [-0.4, -0.2) is 56.6 Å². The Morgan fingerprint density at radius 1 is 1.29 bits per heavy atom. The summed E-state index contributed by atoms with van der Waals surface area (Å²) < 4.78 is 6.19. The molecule has 0 saturated heterocycles. The number of carbonyl (C=O) groups is 1. The SMILES string of the molecule is NC(CCCCOB(O)O)c1nnnn1CCC(=O)NCCc1ccccc1. The van der Waals surface area contributed by atoms with E-state index in [2.05, 4.69) is 25.5 Å². The van der Waals surface area contributed by atoms with Crippen LogP contribution < -0.4 is 11.1 Å². The molecule has 0 saturated carbocycles. The van der Waals surface area contributed by atoms with Gasteiger partial charge >= 0.3 is 7.32 Å². The fourth-order valence-electron chi connectivity index (χ4n) is 2.71. The molecule has 1 aromatic carbocycles. The Morgan fingerprint density at radius 3 is 2.82 bits per heavy atom. The molecular weight excluding hydrogens is 363 g/mol. The van der Waals surface area contributed by atoms with Gasteiger partial charge in [0.1, 0.15) is 0 Å². The van der Waals surface area contributed by atoms with Crippen molar-refractivity contribution in [2.75, 3.05) is 13.2 Å². The van der Waals surface area contributed by atoms with Crippen molar-refractivity contribution in [1.82, 2.24) is 25.5 Å². The molecule has 1 aromatic heterocycles. The minimum absolute atomic E-state index is 0.0642. The van der Waals surface area contributed by atoms with Crippen LogP contribution in [0.5, 0.6) is 0 Å². The molecule has 1 amide bonds. The maximum absolute atomic E-state index is 12.0. The van der Waals surface area contributed by atoms with Gasteiger partial charge in [0, 0.05) is 19.6 Å². The van der Waals surface area contributed by atoms with Crippen molar-refractivity contribution in [3.05, 3.63) is 41.7 Å². The second-order valence-electron chi connectivity index (χ2n) is 6.40. The average molecular weight is 390 g/mol. The molecule has 0 bridgehead atoms. The van der Waals surface area contributed by atoms with Crippen LogP contribution in [0, 0.1) is 0 Å².